The zero-order valence-electron chi connectivity index (χ0n) is 15.7. The highest BCUT2D eigenvalue weighted by atomic mass is 16.7. The zero-order valence-corrected chi connectivity index (χ0v) is 15.7. The first-order chi connectivity index (χ1) is 14.7. The lowest BCUT2D eigenvalue weighted by Gasteiger charge is -2.10. The van der Waals surface area contributed by atoms with E-state index in [4.69, 9.17) is 9.47 Å². The van der Waals surface area contributed by atoms with Crippen LogP contribution in [0.4, 0.5) is 5.69 Å². The quantitative estimate of drug-likeness (QED) is 0.505. The van der Waals surface area contributed by atoms with Crippen molar-refractivity contribution in [2.24, 2.45) is 0 Å². The second kappa shape index (κ2) is 6.18. The summed E-state index contributed by atoms with van der Waals surface area (Å²) in [6.45, 7) is -0.0298. The van der Waals surface area contributed by atoms with Crippen LogP contribution >= 0.6 is 0 Å². The van der Waals surface area contributed by atoms with Crippen molar-refractivity contribution in [1.82, 2.24) is 9.78 Å². The van der Waals surface area contributed by atoms with E-state index >= 15 is 0 Å². The molecule has 4 aromatic rings. The Morgan fingerprint density at radius 3 is 2.67 bits per heavy atom. The fourth-order valence-electron chi connectivity index (χ4n) is 4.10. The average molecular weight is 397 g/mol. The predicted octanol–water partition coefficient (Wildman–Crippen LogP) is 3.41. The van der Waals surface area contributed by atoms with E-state index in [9.17, 15) is 9.59 Å². The molecule has 1 aromatic heterocycles. The summed E-state index contributed by atoms with van der Waals surface area (Å²) < 4.78 is 11.8. The lowest BCUT2D eigenvalue weighted by atomic mass is 10.0. The topological polar surface area (TPSA) is 82.5 Å². The van der Waals surface area contributed by atoms with Crippen LogP contribution in [0, 0.1) is 0 Å². The number of hydrogen-bond acceptors (Lipinski definition) is 5. The van der Waals surface area contributed by atoms with Gasteiger partial charge in [0.25, 0.3) is 5.56 Å². The summed E-state index contributed by atoms with van der Waals surface area (Å²) in [7, 11) is 0. The van der Waals surface area contributed by atoms with E-state index in [1.165, 1.54) is 4.68 Å². The molecule has 7 nitrogen and oxygen atoms in total. The molecule has 1 aliphatic carbocycles. The van der Waals surface area contributed by atoms with E-state index < -0.39 is 0 Å². The highest BCUT2D eigenvalue weighted by molar-refractivity contribution is 6.13. The summed E-state index contributed by atoms with van der Waals surface area (Å²) in [5, 5.41) is 8.74. The third-order valence-electron chi connectivity index (χ3n) is 5.41. The van der Waals surface area contributed by atoms with Crippen LogP contribution in [-0.2, 0) is 11.3 Å². The van der Waals surface area contributed by atoms with Gasteiger partial charge in [0.1, 0.15) is 12.2 Å². The summed E-state index contributed by atoms with van der Waals surface area (Å²) in [4.78, 5) is 25.7. The molecule has 30 heavy (non-hydrogen) atoms. The van der Waals surface area contributed by atoms with Gasteiger partial charge < -0.3 is 14.8 Å². The minimum atomic E-state index is -0.350. The van der Waals surface area contributed by atoms with Gasteiger partial charge in [-0.2, -0.15) is 5.10 Å². The van der Waals surface area contributed by atoms with Crippen LogP contribution in [0.15, 0.2) is 65.5 Å². The smallest absolute Gasteiger partial charge is 0.275 e. The minimum absolute atomic E-state index is 0.162. The second-order valence-corrected chi connectivity index (χ2v) is 7.20. The summed E-state index contributed by atoms with van der Waals surface area (Å²) in [5.74, 6) is 0.862. The van der Waals surface area contributed by atoms with Crippen molar-refractivity contribution in [3.63, 3.8) is 0 Å². The summed E-state index contributed by atoms with van der Waals surface area (Å²) >= 11 is 0. The number of nitrogens with one attached hydrogen (secondary N) is 1. The normalized spacial score (nSPS) is 12.8. The molecule has 1 N–H and O–H groups in total. The van der Waals surface area contributed by atoms with Crippen LogP contribution in [0.5, 0.6) is 11.5 Å². The number of amides is 1. The minimum Gasteiger partial charge on any atom is -0.454 e. The molecule has 0 fully saturated rings. The van der Waals surface area contributed by atoms with Gasteiger partial charge in [0.2, 0.25) is 12.7 Å². The third kappa shape index (κ3) is 2.42. The number of carbonyl (C=O) groups is 1. The number of aromatic nitrogens is 2. The van der Waals surface area contributed by atoms with Crippen LogP contribution in [-0.4, -0.2) is 22.5 Å². The Bertz CT molecular complexity index is 1420. The Morgan fingerprint density at radius 1 is 0.967 bits per heavy atom. The fraction of sp³-hybridized carbons (Fsp3) is 0.0870. The zero-order chi connectivity index (χ0) is 20.2. The lowest BCUT2D eigenvalue weighted by molar-refractivity contribution is -0.117. The molecule has 146 valence electrons. The van der Waals surface area contributed by atoms with Crippen molar-refractivity contribution in [2.45, 2.75) is 6.54 Å². The molecule has 0 spiro atoms. The van der Waals surface area contributed by atoms with Gasteiger partial charge in [-0.3, -0.25) is 9.59 Å². The first-order valence-electron chi connectivity index (χ1n) is 9.52. The van der Waals surface area contributed by atoms with Crippen LogP contribution in [0.1, 0.15) is 0 Å². The molecule has 3 aromatic carbocycles. The van der Waals surface area contributed by atoms with Crippen LogP contribution in [0.25, 0.3) is 33.2 Å². The molecule has 2 aliphatic rings. The molecule has 0 saturated heterocycles. The number of nitrogens with zero attached hydrogens (tertiary/aromatic N) is 2. The van der Waals surface area contributed by atoms with E-state index in [0.29, 0.717) is 22.6 Å². The van der Waals surface area contributed by atoms with E-state index in [2.05, 4.69) is 10.4 Å². The van der Waals surface area contributed by atoms with E-state index in [0.717, 1.165) is 27.8 Å². The second-order valence-electron chi connectivity index (χ2n) is 7.20. The first-order valence-corrected chi connectivity index (χ1v) is 9.52. The SMILES string of the molecule is O=C(Cn1nc2c3c(cccc3c1=O)-c1ccccc1-2)Nc1ccc2c(c1)OCO2. The highest BCUT2D eigenvalue weighted by Crippen LogP contribution is 2.44. The number of carbonyl (C=O) groups excluding carboxylic acids is 1. The molecular formula is C23H15N3O4. The van der Waals surface area contributed by atoms with Gasteiger partial charge in [0, 0.05) is 22.7 Å². The van der Waals surface area contributed by atoms with Crippen molar-refractivity contribution in [2.75, 3.05) is 12.1 Å². The molecule has 1 aliphatic heterocycles. The molecule has 0 saturated carbocycles. The number of ether oxygens (including phenoxy) is 2. The number of fused-ring (bicyclic) bond motifs is 4. The Kier molecular flexibility index (Phi) is 3.46. The molecule has 0 unspecified atom stereocenters. The predicted molar refractivity (Wildman–Crippen MR) is 112 cm³/mol. The fourth-order valence-corrected chi connectivity index (χ4v) is 4.10. The number of benzene rings is 3. The molecular weight excluding hydrogens is 382 g/mol. The summed E-state index contributed by atoms with van der Waals surface area (Å²) in [5.41, 5.74) is 4.02. The van der Waals surface area contributed by atoms with Crippen LogP contribution < -0.4 is 20.3 Å². The van der Waals surface area contributed by atoms with Crippen molar-refractivity contribution < 1.29 is 14.3 Å². The average Bonchev–Trinajstić information content (AvgIpc) is 3.35. The van der Waals surface area contributed by atoms with Crippen molar-refractivity contribution in [3.05, 3.63) is 71.0 Å². The van der Waals surface area contributed by atoms with E-state index in [1.807, 2.05) is 36.4 Å². The Morgan fingerprint density at radius 2 is 1.77 bits per heavy atom. The molecule has 7 heteroatoms. The van der Waals surface area contributed by atoms with Crippen LogP contribution in [0.2, 0.25) is 0 Å². The van der Waals surface area contributed by atoms with Crippen molar-refractivity contribution in [1.29, 1.82) is 0 Å². The number of rotatable bonds is 3. The molecule has 1 amide bonds. The van der Waals surface area contributed by atoms with Gasteiger partial charge in [0.15, 0.2) is 11.5 Å². The van der Waals surface area contributed by atoms with Gasteiger partial charge in [-0.05, 0) is 29.3 Å². The molecule has 0 radical (unpaired) electrons. The van der Waals surface area contributed by atoms with Gasteiger partial charge in [-0.25, -0.2) is 4.68 Å². The first kappa shape index (κ1) is 16.8. The van der Waals surface area contributed by atoms with Gasteiger partial charge in [-0.1, -0.05) is 36.4 Å². The van der Waals surface area contributed by atoms with Crippen molar-refractivity contribution in [3.8, 4) is 33.9 Å². The highest BCUT2D eigenvalue weighted by Gasteiger charge is 2.25. The molecule has 0 bridgehead atoms. The third-order valence-corrected chi connectivity index (χ3v) is 5.41. The molecule has 0 atom stereocenters. The van der Waals surface area contributed by atoms with E-state index in [1.54, 1.807) is 24.3 Å². The number of hydrogen-bond donors (Lipinski definition) is 1. The maximum Gasteiger partial charge on any atom is 0.275 e. The standard InChI is InChI=1S/C23H15N3O4/c27-20(24-13-8-9-18-19(10-13)30-12-29-18)11-26-23(28)17-7-3-6-15-14-4-1-2-5-16(14)22(25-26)21(15)17/h1-10H,11-12H2,(H,24,27). The Labute approximate surface area is 170 Å². The van der Waals surface area contributed by atoms with Gasteiger partial charge >= 0.3 is 0 Å². The van der Waals surface area contributed by atoms with Crippen molar-refractivity contribution >= 4 is 22.4 Å². The van der Waals surface area contributed by atoms with Gasteiger partial charge in [0.05, 0.1) is 5.39 Å². The lowest BCUT2D eigenvalue weighted by Crippen LogP contribution is -2.30. The summed E-state index contributed by atoms with van der Waals surface area (Å²) in [6.07, 6.45) is 0. The van der Waals surface area contributed by atoms with E-state index in [-0.39, 0.29) is 24.8 Å². The summed E-state index contributed by atoms with van der Waals surface area (Å²) in [6, 6.07) is 18.7. The molecule has 2 heterocycles. The molecule has 6 rings (SSSR count). The maximum absolute atomic E-state index is 13.0. The van der Waals surface area contributed by atoms with Gasteiger partial charge in [-0.15, -0.1) is 0 Å². The number of anilines is 1. The monoisotopic (exact) mass is 397 g/mol. The largest absolute Gasteiger partial charge is 0.454 e. The Hall–Kier alpha value is -4.13. The maximum atomic E-state index is 13.0. The Balaban J connectivity index is 1.37. The van der Waals surface area contributed by atoms with Crippen LogP contribution in [0.3, 0.4) is 0 Å².